The second-order valence-corrected chi connectivity index (χ2v) is 4.28. The molecule has 3 saturated carbocycles. The molecule has 0 aromatic heterocycles. The van der Waals surface area contributed by atoms with Crippen molar-refractivity contribution in [2.75, 3.05) is 0 Å². The molecule has 3 rings (SSSR count). The van der Waals surface area contributed by atoms with E-state index in [0.29, 0.717) is 0 Å². The summed E-state index contributed by atoms with van der Waals surface area (Å²) < 4.78 is 0. The van der Waals surface area contributed by atoms with Gasteiger partial charge in [0.15, 0.2) is 0 Å². The van der Waals surface area contributed by atoms with Crippen LogP contribution in [0.3, 0.4) is 0 Å². The zero-order valence-electron chi connectivity index (χ0n) is 5.90. The monoisotopic (exact) mass is 122 g/mol. The van der Waals surface area contributed by atoms with Crippen LogP contribution in [0.25, 0.3) is 0 Å². The van der Waals surface area contributed by atoms with Gasteiger partial charge >= 0.3 is 0 Å². The van der Waals surface area contributed by atoms with Crippen molar-refractivity contribution in [3.05, 3.63) is 0 Å². The highest BCUT2D eigenvalue weighted by Gasteiger charge is 2.60. The summed E-state index contributed by atoms with van der Waals surface area (Å²) in [5, 5.41) is 0. The Morgan fingerprint density at radius 1 is 0.778 bits per heavy atom. The third-order valence-electron chi connectivity index (χ3n) is 4.18. The van der Waals surface area contributed by atoms with Gasteiger partial charge in [-0.1, -0.05) is 0 Å². The van der Waals surface area contributed by atoms with Crippen LogP contribution in [0.15, 0.2) is 0 Å². The van der Waals surface area contributed by atoms with Crippen molar-refractivity contribution in [2.45, 2.75) is 38.5 Å². The molecule has 0 aromatic rings. The molecule has 3 aliphatic carbocycles. The molecule has 0 heterocycles. The number of hydrogen-bond donors (Lipinski definition) is 0. The van der Waals surface area contributed by atoms with Crippen molar-refractivity contribution in [1.29, 1.82) is 0 Å². The third kappa shape index (κ3) is 0.395. The first kappa shape index (κ1) is 4.76. The Kier molecular flexibility index (Phi) is 0.640. The van der Waals surface area contributed by atoms with Gasteiger partial charge in [0.25, 0.3) is 0 Å². The van der Waals surface area contributed by atoms with Crippen LogP contribution in [0.1, 0.15) is 38.5 Å². The topological polar surface area (TPSA) is 0 Å². The lowest BCUT2D eigenvalue weighted by Crippen LogP contribution is -2.04. The Balaban J connectivity index is 2.03. The van der Waals surface area contributed by atoms with E-state index in [1.165, 1.54) is 11.8 Å². The molecule has 3 aliphatic rings. The van der Waals surface area contributed by atoms with Crippen molar-refractivity contribution in [3.63, 3.8) is 0 Å². The molecule has 0 N–H and O–H groups in total. The zero-order valence-corrected chi connectivity index (χ0v) is 5.90. The molecule has 50 valence electrons. The molecule has 0 saturated heterocycles. The van der Waals surface area contributed by atoms with E-state index < -0.39 is 0 Å². The molecule has 1 spiro atoms. The Labute approximate surface area is 56.6 Å². The van der Waals surface area contributed by atoms with E-state index in [-0.39, 0.29) is 0 Å². The van der Waals surface area contributed by atoms with E-state index >= 15 is 0 Å². The van der Waals surface area contributed by atoms with Gasteiger partial charge in [-0.3, -0.25) is 0 Å². The van der Waals surface area contributed by atoms with Gasteiger partial charge in [-0.2, -0.15) is 0 Å². The minimum absolute atomic E-state index is 0.972. The molecule has 0 heteroatoms. The standard InChI is InChI=1S/C9H14/c1-2-8-4-3-7(1)9(8)5-6-9/h7-8H,1-6H2. The summed E-state index contributed by atoms with van der Waals surface area (Å²) in [6.45, 7) is 0. The summed E-state index contributed by atoms with van der Waals surface area (Å²) in [5.41, 5.74) is 0.972. The second-order valence-electron chi connectivity index (χ2n) is 4.28. The first-order chi connectivity index (χ1) is 4.42. The highest BCUT2D eigenvalue weighted by atomic mass is 14.7. The SMILES string of the molecule is C1CC2CCC1C21CC1. The molecule has 9 heavy (non-hydrogen) atoms. The molecule has 0 aliphatic heterocycles. The Morgan fingerprint density at radius 2 is 1.22 bits per heavy atom. The molecule has 0 atom stereocenters. The average Bonchev–Trinajstić information content (AvgIpc) is 2.53. The quantitative estimate of drug-likeness (QED) is 0.463. The maximum Gasteiger partial charge on any atom is -0.0240 e. The fraction of sp³-hybridized carbons (Fsp3) is 1.00. The van der Waals surface area contributed by atoms with Gasteiger partial charge in [-0.25, -0.2) is 0 Å². The molecule has 3 fully saturated rings. The molecule has 0 radical (unpaired) electrons. The number of hydrogen-bond acceptors (Lipinski definition) is 0. The van der Waals surface area contributed by atoms with Gasteiger partial charge in [-0.15, -0.1) is 0 Å². The van der Waals surface area contributed by atoms with Gasteiger partial charge in [-0.05, 0) is 55.8 Å². The Bertz CT molecular complexity index is 122. The van der Waals surface area contributed by atoms with Crippen molar-refractivity contribution < 1.29 is 0 Å². The predicted octanol–water partition coefficient (Wildman–Crippen LogP) is 2.59. The largest absolute Gasteiger partial charge is 0.0496 e. The van der Waals surface area contributed by atoms with Crippen molar-refractivity contribution in [1.82, 2.24) is 0 Å². The fourth-order valence-electron chi connectivity index (χ4n) is 3.54. The molecule has 0 unspecified atom stereocenters. The zero-order chi connectivity index (χ0) is 5.90. The van der Waals surface area contributed by atoms with Crippen molar-refractivity contribution >= 4 is 0 Å². The molecular weight excluding hydrogens is 108 g/mol. The van der Waals surface area contributed by atoms with Gasteiger partial charge in [0.1, 0.15) is 0 Å². The third-order valence-corrected chi connectivity index (χ3v) is 4.18. The predicted molar refractivity (Wildman–Crippen MR) is 37.1 cm³/mol. The minimum atomic E-state index is 0.972. The average molecular weight is 122 g/mol. The second kappa shape index (κ2) is 1.21. The summed E-state index contributed by atoms with van der Waals surface area (Å²) in [5.74, 6) is 2.39. The van der Waals surface area contributed by atoms with E-state index in [1.807, 2.05) is 0 Å². The van der Waals surface area contributed by atoms with Crippen LogP contribution in [0.2, 0.25) is 0 Å². The maximum absolute atomic E-state index is 1.60. The lowest BCUT2D eigenvalue weighted by molar-refractivity contribution is 0.380. The van der Waals surface area contributed by atoms with Crippen LogP contribution in [-0.2, 0) is 0 Å². The number of rotatable bonds is 0. The van der Waals surface area contributed by atoms with Crippen LogP contribution < -0.4 is 0 Å². The van der Waals surface area contributed by atoms with E-state index in [0.717, 1.165) is 5.41 Å². The lowest BCUT2D eigenvalue weighted by atomic mass is 9.95. The summed E-state index contributed by atoms with van der Waals surface area (Å²) in [6.07, 6.45) is 9.55. The summed E-state index contributed by atoms with van der Waals surface area (Å²) >= 11 is 0. The summed E-state index contributed by atoms with van der Waals surface area (Å²) in [7, 11) is 0. The van der Waals surface area contributed by atoms with E-state index in [2.05, 4.69) is 0 Å². The summed E-state index contributed by atoms with van der Waals surface area (Å²) in [6, 6.07) is 0. The highest BCUT2D eigenvalue weighted by molar-refractivity contribution is 5.10. The van der Waals surface area contributed by atoms with E-state index in [9.17, 15) is 0 Å². The normalized spacial score (nSPS) is 50.7. The first-order valence-electron chi connectivity index (χ1n) is 4.42. The van der Waals surface area contributed by atoms with E-state index in [4.69, 9.17) is 0 Å². The van der Waals surface area contributed by atoms with Crippen LogP contribution in [0.5, 0.6) is 0 Å². The van der Waals surface area contributed by atoms with Crippen LogP contribution in [-0.4, -0.2) is 0 Å². The molecule has 0 nitrogen and oxygen atoms in total. The lowest BCUT2D eigenvalue weighted by Gasteiger charge is -2.10. The molecule has 0 amide bonds. The smallest absolute Gasteiger partial charge is 0.0240 e. The van der Waals surface area contributed by atoms with Crippen LogP contribution in [0.4, 0.5) is 0 Å². The molecular formula is C9H14. The maximum atomic E-state index is 1.60. The van der Waals surface area contributed by atoms with Crippen molar-refractivity contribution in [2.24, 2.45) is 17.3 Å². The first-order valence-corrected chi connectivity index (χ1v) is 4.42. The Hall–Kier alpha value is 0. The van der Waals surface area contributed by atoms with Gasteiger partial charge < -0.3 is 0 Å². The van der Waals surface area contributed by atoms with Crippen molar-refractivity contribution in [3.8, 4) is 0 Å². The summed E-state index contributed by atoms with van der Waals surface area (Å²) in [4.78, 5) is 0. The Morgan fingerprint density at radius 3 is 1.44 bits per heavy atom. The van der Waals surface area contributed by atoms with E-state index in [1.54, 1.807) is 38.5 Å². The van der Waals surface area contributed by atoms with Gasteiger partial charge in [0.2, 0.25) is 0 Å². The van der Waals surface area contributed by atoms with Crippen LogP contribution >= 0.6 is 0 Å². The van der Waals surface area contributed by atoms with Gasteiger partial charge in [0.05, 0.1) is 0 Å². The highest BCUT2D eigenvalue weighted by Crippen LogP contribution is 2.70. The molecule has 0 aromatic carbocycles. The minimum Gasteiger partial charge on any atom is -0.0496 e. The molecule has 2 bridgehead atoms. The van der Waals surface area contributed by atoms with Crippen LogP contribution in [0, 0.1) is 17.3 Å². The fourth-order valence-corrected chi connectivity index (χ4v) is 3.54. The van der Waals surface area contributed by atoms with Gasteiger partial charge in [0, 0.05) is 0 Å².